The van der Waals surface area contributed by atoms with E-state index in [1.807, 2.05) is 24.3 Å². The first-order valence-corrected chi connectivity index (χ1v) is 8.35. The molecule has 5 nitrogen and oxygen atoms in total. The molecule has 0 radical (unpaired) electrons. The van der Waals surface area contributed by atoms with Crippen LogP contribution in [-0.2, 0) is 10.0 Å². The number of hydrogen-bond donors (Lipinski definition) is 3. The maximum absolute atomic E-state index is 12.4. The van der Waals surface area contributed by atoms with Gasteiger partial charge in [-0.1, -0.05) is 36.4 Å². The van der Waals surface area contributed by atoms with Crippen molar-refractivity contribution in [1.29, 1.82) is 0 Å². The number of hydrogen-bond acceptors (Lipinski definition) is 4. The molecular weight excluding hydrogens is 288 g/mol. The molecule has 0 bridgehead atoms. The van der Waals surface area contributed by atoms with Gasteiger partial charge in [0.2, 0.25) is 10.0 Å². The first-order chi connectivity index (χ1) is 10.0. The van der Waals surface area contributed by atoms with Crippen molar-refractivity contribution < 1.29 is 13.5 Å². The summed E-state index contributed by atoms with van der Waals surface area (Å²) in [4.78, 5) is 0.288. The Morgan fingerprint density at radius 2 is 1.81 bits per heavy atom. The number of nitrogens with one attached hydrogen (secondary N) is 2. The summed E-state index contributed by atoms with van der Waals surface area (Å²) in [6, 6.07) is 12.6. The summed E-state index contributed by atoms with van der Waals surface area (Å²) in [5.41, 5.74) is 0. The number of aliphatic hydroxyl groups is 1. The summed E-state index contributed by atoms with van der Waals surface area (Å²) in [5.74, 6) is 0. The van der Waals surface area contributed by atoms with E-state index >= 15 is 0 Å². The first kappa shape index (κ1) is 15.9. The van der Waals surface area contributed by atoms with Gasteiger partial charge in [-0.15, -0.1) is 0 Å². The van der Waals surface area contributed by atoms with Crippen LogP contribution in [0.4, 0.5) is 0 Å². The van der Waals surface area contributed by atoms with Crippen molar-refractivity contribution in [2.75, 3.05) is 19.6 Å². The summed E-state index contributed by atoms with van der Waals surface area (Å²) in [6.07, 6.45) is -0.445. The molecule has 0 spiro atoms. The van der Waals surface area contributed by atoms with Crippen LogP contribution in [0, 0.1) is 0 Å². The van der Waals surface area contributed by atoms with Gasteiger partial charge in [0.1, 0.15) is 0 Å². The Bertz CT molecular complexity index is 694. The van der Waals surface area contributed by atoms with Crippen molar-refractivity contribution >= 4 is 20.8 Å². The molecule has 0 aliphatic carbocycles. The predicted octanol–water partition coefficient (Wildman–Crippen LogP) is 1.09. The summed E-state index contributed by atoms with van der Waals surface area (Å²) in [6.45, 7) is 2.86. The molecular formula is C15H20N2O3S. The van der Waals surface area contributed by atoms with Crippen LogP contribution in [0.25, 0.3) is 10.8 Å². The second-order valence-electron chi connectivity index (χ2n) is 4.93. The van der Waals surface area contributed by atoms with Crippen LogP contribution in [-0.4, -0.2) is 39.3 Å². The SMILES string of the molecule is CC(O)CNCCNS(=O)(=O)c1cccc2ccccc12. The van der Waals surface area contributed by atoms with Crippen molar-refractivity contribution in [1.82, 2.24) is 10.0 Å². The molecule has 21 heavy (non-hydrogen) atoms. The van der Waals surface area contributed by atoms with E-state index in [-0.39, 0.29) is 11.4 Å². The van der Waals surface area contributed by atoms with Gasteiger partial charge in [-0.3, -0.25) is 0 Å². The summed E-state index contributed by atoms with van der Waals surface area (Å²) >= 11 is 0. The Morgan fingerprint density at radius 1 is 1.10 bits per heavy atom. The van der Waals surface area contributed by atoms with E-state index in [1.165, 1.54) is 0 Å². The number of benzene rings is 2. The second kappa shape index (κ2) is 7.00. The molecule has 0 aromatic heterocycles. The topological polar surface area (TPSA) is 78.4 Å². The highest BCUT2D eigenvalue weighted by Gasteiger charge is 2.16. The van der Waals surface area contributed by atoms with E-state index in [0.717, 1.165) is 5.39 Å². The van der Waals surface area contributed by atoms with Gasteiger partial charge in [-0.25, -0.2) is 13.1 Å². The monoisotopic (exact) mass is 308 g/mol. The average Bonchev–Trinajstić information content (AvgIpc) is 2.46. The molecule has 2 aromatic carbocycles. The number of aliphatic hydroxyl groups excluding tert-OH is 1. The molecule has 114 valence electrons. The van der Waals surface area contributed by atoms with E-state index in [9.17, 15) is 8.42 Å². The van der Waals surface area contributed by atoms with Gasteiger partial charge < -0.3 is 10.4 Å². The van der Waals surface area contributed by atoms with Gasteiger partial charge in [0.15, 0.2) is 0 Å². The fourth-order valence-electron chi connectivity index (χ4n) is 2.09. The largest absolute Gasteiger partial charge is 0.392 e. The third kappa shape index (κ3) is 4.25. The number of sulfonamides is 1. The minimum atomic E-state index is -3.54. The minimum Gasteiger partial charge on any atom is -0.392 e. The molecule has 0 saturated carbocycles. The maximum Gasteiger partial charge on any atom is 0.241 e. The fourth-order valence-corrected chi connectivity index (χ4v) is 3.35. The molecule has 0 amide bonds. The van der Waals surface area contributed by atoms with Gasteiger partial charge in [0.05, 0.1) is 11.0 Å². The second-order valence-corrected chi connectivity index (χ2v) is 6.66. The fraction of sp³-hybridized carbons (Fsp3) is 0.333. The van der Waals surface area contributed by atoms with Crippen molar-refractivity contribution in [3.63, 3.8) is 0 Å². The van der Waals surface area contributed by atoms with Crippen LogP contribution >= 0.6 is 0 Å². The van der Waals surface area contributed by atoms with Crippen LogP contribution in [0.15, 0.2) is 47.4 Å². The lowest BCUT2D eigenvalue weighted by atomic mass is 10.1. The van der Waals surface area contributed by atoms with Gasteiger partial charge >= 0.3 is 0 Å². The summed E-state index contributed by atoms with van der Waals surface area (Å²) in [7, 11) is -3.54. The molecule has 0 fully saturated rings. The van der Waals surface area contributed by atoms with Crippen LogP contribution in [0.3, 0.4) is 0 Å². The highest BCUT2D eigenvalue weighted by molar-refractivity contribution is 7.89. The third-order valence-corrected chi connectivity index (χ3v) is 4.59. The van der Waals surface area contributed by atoms with E-state index in [1.54, 1.807) is 25.1 Å². The molecule has 6 heteroatoms. The Morgan fingerprint density at radius 3 is 2.57 bits per heavy atom. The van der Waals surface area contributed by atoms with E-state index in [2.05, 4.69) is 10.0 Å². The quantitative estimate of drug-likeness (QED) is 0.669. The number of rotatable bonds is 7. The van der Waals surface area contributed by atoms with E-state index in [4.69, 9.17) is 5.11 Å². The van der Waals surface area contributed by atoms with Crippen LogP contribution in [0.2, 0.25) is 0 Å². The zero-order chi connectivity index (χ0) is 15.3. The van der Waals surface area contributed by atoms with Crippen molar-refractivity contribution in [3.05, 3.63) is 42.5 Å². The Hall–Kier alpha value is -1.47. The summed E-state index contributed by atoms with van der Waals surface area (Å²) < 4.78 is 27.3. The molecule has 1 unspecified atom stereocenters. The summed E-state index contributed by atoms with van der Waals surface area (Å²) in [5, 5.41) is 13.7. The van der Waals surface area contributed by atoms with Crippen molar-refractivity contribution in [2.24, 2.45) is 0 Å². The van der Waals surface area contributed by atoms with Gasteiger partial charge in [-0.05, 0) is 18.4 Å². The Kier molecular flexibility index (Phi) is 5.30. The lowest BCUT2D eigenvalue weighted by Gasteiger charge is -2.10. The van der Waals surface area contributed by atoms with Crippen LogP contribution < -0.4 is 10.0 Å². The van der Waals surface area contributed by atoms with Crippen LogP contribution in [0.1, 0.15) is 6.92 Å². The van der Waals surface area contributed by atoms with Crippen molar-refractivity contribution in [3.8, 4) is 0 Å². The third-order valence-electron chi connectivity index (χ3n) is 3.07. The molecule has 2 rings (SSSR count). The average molecular weight is 308 g/mol. The van der Waals surface area contributed by atoms with E-state index < -0.39 is 16.1 Å². The Balaban J connectivity index is 2.08. The normalized spacial score (nSPS) is 13.4. The smallest absolute Gasteiger partial charge is 0.241 e. The van der Waals surface area contributed by atoms with E-state index in [0.29, 0.717) is 18.5 Å². The molecule has 2 aromatic rings. The molecule has 0 heterocycles. The molecule has 0 aliphatic heterocycles. The maximum atomic E-state index is 12.4. The molecule has 1 atom stereocenters. The number of fused-ring (bicyclic) bond motifs is 1. The van der Waals surface area contributed by atoms with Gasteiger partial charge in [0.25, 0.3) is 0 Å². The lowest BCUT2D eigenvalue weighted by molar-refractivity contribution is 0.192. The van der Waals surface area contributed by atoms with Crippen LogP contribution in [0.5, 0.6) is 0 Å². The Labute approximate surface area is 125 Å². The predicted molar refractivity (Wildman–Crippen MR) is 83.7 cm³/mol. The van der Waals surface area contributed by atoms with Gasteiger partial charge in [-0.2, -0.15) is 0 Å². The minimum absolute atomic E-state index is 0.276. The highest BCUT2D eigenvalue weighted by Crippen LogP contribution is 2.22. The highest BCUT2D eigenvalue weighted by atomic mass is 32.2. The molecule has 3 N–H and O–H groups in total. The molecule has 0 aliphatic rings. The zero-order valence-electron chi connectivity index (χ0n) is 11.9. The zero-order valence-corrected chi connectivity index (χ0v) is 12.7. The first-order valence-electron chi connectivity index (χ1n) is 6.87. The standard InChI is InChI=1S/C15H20N2O3S/c1-12(18)11-16-9-10-17-21(19,20)15-8-4-6-13-5-2-3-7-14(13)15/h2-8,12,16-18H,9-11H2,1H3. The van der Waals surface area contributed by atoms with Crippen molar-refractivity contribution in [2.45, 2.75) is 17.9 Å². The van der Waals surface area contributed by atoms with Gasteiger partial charge in [0, 0.05) is 25.0 Å². The molecule has 0 saturated heterocycles. The lowest BCUT2D eigenvalue weighted by Crippen LogP contribution is -2.34.